The van der Waals surface area contributed by atoms with Gasteiger partial charge in [0.15, 0.2) is 5.79 Å². The van der Waals surface area contributed by atoms with Crippen LogP contribution in [0, 0.1) is 5.92 Å². The predicted molar refractivity (Wildman–Crippen MR) is 118 cm³/mol. The molecule has 8 aliphatic heterocycles. The van der Waals surface area contributed by atoms with Gasteiger partial charge < -0.3 is 33.2 Å². The van der Waals surface area contributed by atoms with E-state index in [0.29, 0.717) is 24.9 Å². The van der Waals surface area contributed by atoms with Gasteiger partial charge >= 0.3 is 0 Å². The van der Waals surface area contributed by atoms with Crippen molar-refractivity contribution in [2.24, 2.45) is 5.92 Å². The molecule has 190 valence electrons. The van der Waals surface area contributed by atoms with Gasteiger partial charge in [-0.25, -0.2) is 0 Å². The molecular formula is C26H38O8. The Morgan fingerprint density at radius 2 is 1.65 bits per heavy atom. The van der Waals surface area contributed by atoms with Crippen molar-refractivity contribution in [2.45, 2.75) is 138 Å². The largest absolute Gasteiger partial charge is 0.378 e. The molecule has 8 aliphatic rings. The number of hydrogen-bond donors (Lipinski definition) is 0. The standard InChI is InChI=1S/C26H38O8/c1-14-15(7-10-28-14)11-16(27)12-18-4-5-19-21(30-18)25-24-23(31-19)22-20(32-24)13-26(33-22,34-25)8-6-17-3-2-9-29-17/h14-15,17-25H,2-13H2,1H3/t14-,15?,17?,18?,19?,20?,21-,22?,23-,24?,25?,26-/m0/s1. The fourth-order valence-corrected chi connectivity index (χ4v) is 7.55. The second-order valence-electron chi connectivity index (χ2n) is 11.6. The first-order chi connectivity index (χ1) is 16.6. The van der Waals surface area contributed by atoms with Gasteiger partial charge in [0.2, 0.25) is 0 Å². The number of ether oxygens (including phenoxy) is 7. The lowest BCUT2D eigenvalue weighted by molar-refractivity contribution is -0.292. The Balaban J connectivity index is 1.03. The number of carbonyl (C=O) groups excluding carboxylic acids is 1. The fraction of sp³-hybridized carbons (Fsp3) is 0.962. The lowest BCUT2D eigenvalue weighted by Crippen LogP contribution is -2.61. The Hall–Kier alpha value is -0.610. The van der Waals surface area contributed by atoms with Crippen molar-refractivity contribution >= 4 is 5.78 Å². The maximum Gasteiger partial charge on any atom is 0.172 e. The minimum Gasteiger partial charge on any atom is -0.378 e. The summed E-state index contributed by atoms with van der Waals surface area (Å²) in [6.45, 7) is 3.70. The molecule has 0 radical (unpaired) electrons. The molecule has 0 saturated carbocycles. The molecule has 8 saturated heterocycles. The van der Waals surface area contributed by atoms with Crippen LogP contribution in [0.15, 0.2) is 0 Å². The first-order valence-electron chi connectivity index (χ1n) is 13.6. The third-order valence-corrected chi connectivity index (χ3v) is 9.38. The maximum atomic E-state index is 12.8. The highest BCUT2D eigenvalue weighted by molar-refractivity contribution is 5.79. The van der Waals surface area contributed by atoms with Gasteiger partial charge in [-0.3, -0.25) is 4.79 Å². The molecule has 8 nitrogen and oxygen atoms in total. The fourth-order valence-electron chi connectivity index (χ4n) is 7.55. The Morgan fingerprint density at radius 3 is 2.47 bits per heavy atom. The zero-order valence-electron chi connectivity index (χ0n) is 20.1. The number of rotatable bonds is 7. The summed E-state index contributed by atoms with van der Waals surface area (Å²) in [6.07, 6.45) is 8.15. The van der Waals surface area contributed by atoms with Crippen LogP contribution in [0.25, 0.3) is 0 Å². The zero-order valence-corrected chi connectivity index (χ0v) is 20.1. The summed E-state index contributed by atoms with van der Waals surface area (Å²) >= 11 is 0. The molecule has 0 N–H and O–H groups in total. The molecule has 0 spiro atoms. The van der Waals surface area contributed by atoms with Crippen LogP contribution in [0.3, 0.4) is 0 Å². The van der Waals surface area contributed by atoms with E-state index in [1.54, 1.807) is 0 Å². The van der Waals surface area contributed by atoms with E-state index in [9.17, 15) is 4.79 Å². The van der Waals surface area contributed by atoms with E-state index in [1.165, 1.54) is 0 Å². The molecule has 0 aliphatic carbocycles. The third-order valence-electron chi connectivity index (χ3n) is 9.38. The molecule has 8 heterocycles. The molecule has 6 bridgehead atoms. The summed E-state index contributed by atoms with van der Waals surface area (Å²) in [7, 11) is 0. The molecule has 0 aromatic carbocycles. The SMILES string of the molecule is C[C@@H]1OCCC1CC(=O)CC1CCC2O[C@H]3C4O[C@]5(CCC6CCCO6)CC4OC3C(O5)[C@H]2O1. The molecule has 34 heavy (non-hydrogen) atoms. The second kappa shape index (κ2) is 8.75. The van der Waals surface area contributed by atoms with Crippen molar-refractivity contribution in [1.82, 2.24) is 0 Å². The average molecular weight is 479 g/mol. The Bertz CT molecular complexity index is 785. The summed E-state index contributed by atoms with van der Waals surface area (Å²) in [6, 6.07) is 0. The van der Waals surface area contributed by atoms with E-state index < -0.39 is 5.79 Å². The summed E-state index contributed by atoms with van der Waals surface area (Å²) in [5.74, 6) is -0.0272. The minimum absolute atomic E-state index is 0.0256. The lowest BCUT2D eigenvalue weighted by atomic mass is 9.86. The van der Waals surface area contributed by atoms with Crippen molar-refractivity contribution in [3.05, 3.63) is 0 Å². The van der Waals surface area contributed by atoms with Gasteiger partial charge in [0.1, 0.15) is 36.3 Å². The molecule has 0 aromatic heterocycles. The van der Waals surface area contributed by atoms with Crippen LogP contribution >= 0.6 is 0 Å². The highest BCUT2D eigenvalue weighted by atomic mass is 16.8. The van der Waals surface area contributed by atoms with Crippen molar-refractivity contribution < 1.29 is 38.0 Å². The van der Waals surface area contributed by atoms with Gasteiger partial charge in [-0.1, -0.05) is 0 Å². The van der Waals surface area contributed by atoms with Gasteiger partial charge in [-0.05, 0) is 51.4 Å². The monoisotopic (exact) mass is 478 g/mol. The van der Waals surface area contributed by atoms with Crippen LogP contribution in [0.1, 0.15) is 71.1 Å². The van der Waals surface area contributed by atoms with Crippen molar-refractivity contribution in [3.8, 4) is 0 Å². The summed E-state index contributed by atoms with van der Waals surface area (Å²) < 4.78 is 44.4. The van der Waals surface area contributed by atoms with Crippen LogP contribution in [-0.4, -0.2) is 85.8 Å². The summed E-state index contributed by atoms with van der Waals surface area (Å²) in [5.41, 5.74) is 0. The van der Waals surface area contributed by atoms with Crippen LogP contribution in [0.2, 0.25) is 0 Å². The molecule has 8 heteroatoms. The summed E-state index contributed by atoms with van der Waals surface area (Å²) in [5, 5.41) is 0. The van der Waals surface area contributed by atoms with Crippen molar-refractivity contribution in [2.75, 3.05) is 13.2 Å². The molecule has 12 atom stereocenters. The van der Waals surface area contributed by atoms with E-state index in [0.717, 1.165) is 64.6 Å². The van der Waals surface area contributed by atoms with Crippen LogP contribution in [0.5, 0.6) is 0 Å². The first-order valence-corrected chi connectivity index (χ1v) is 13.6. The van der Waals surface area contributed by atoms with Gasteiger partial charge in [0.05, 0.1) is 30.5 Å². The van der Waals surface area contributed by atoms with E-state index in [2.05, 4.69) is 6.92 Å². The molecular weight excluding hydrogens is 440 g/mol. The normalized spacial score (nSPS) is 53.3. The molecule has 0 aromatic rings. The minimum atomic E-state index is -0.640. The van der Waals surface area contributed by atoms with E-state index >= 15 is 0 Å². The number of hydrogen-bond acceptors (Lipinski definition) is 8. The molecule has 0 amide bonds. The van der Waals surface area contributed by atoms with Gasteiger partial charge in [-0.2, -0.15) is 0 Å². The molecule has 8 fully saturated rings. The second-order valence-corrected chi connectivity index (χ2v) is 11.6. The molecule has 8 unspecified atom stereocenters. The quantitative estimate of drug-likeness (QED) is 0.553. The van der Waals surface area contributed by atoms with E-state index in [1.807, 2.05) is 0 Å². The number of fused-ring (bicyclic) bond motifs is 1. The van der Waals surface area contributed by atoms with E-state index in [-0.39, 0.29) is 60.7 Å². The predicted octanol–water partition coefficient (Wildman–Crippen LogP) is 2.69. The van der Waals surface area contributed by atoms with Gasteiger partial charge in [0.25, 0.3) is 0 Å². The van der Waals surface area contributed by atoms with Crippen molar-refractivity contribution in [1.29, 1.82) is 0 Å². The van der Waals surface area contributed by atoms with Crippen LogP contribution in [-0.2, 0) is 38.0 Å². The lowest BCUT2D eigenvalue weighted by Gasteiger charge is -2.47. The Labute approximate surface area is 201 Å². The highest BCUT2D eigenvalue weighted by Gasteiger charge is 2.68. The Morgan fingerprint density at radius 1 is 0.794 bits per heavy atom. The zero-order chi connectivity index (χ0) is 22.9. The number of carbonyl (C=O) groups is 1. The van der Waals surface area contributed by atoms with Crippen LogP contribution in [0.4, 0.5) is 0 Å². The van der Waals surface area contributed by atoms with Gasteiger partial charge in [-0.15, -0.1) is 0 Å². The average Bonchev–Trinajstić information content (AvgIpc) is 3.56. The molecule has 8 rings (SSSR count). The third kappa shape index (κ3) is 3.88. The number of ketones is 1. The van der Waals surface area contributed by atoms with Crippen molar-refractivity contribution in [3.63, 3.8) is 0 Å². The smallest absolute Gasteiger partial charge is 0.172 e. The van der Waals surface area contributed by atoms with Gasteiger partial charge in [0, 0.05) is 38.9 Å². The number of Topliss-reactive ketones (excluding diaryl/α,β-unsaturated/α-hetero) is 1. The first kappa shape index (κ1) is 22.6. The van der Waals surface area contributed by atoms with Crippen LogP contribution < -0.4 is 0 Å². The topological polar surface area (TPSA) is 81.7 Å². The van der Waals surface area contributed by atoms with E-state index in [4.69, 9.17) is 33.2 Å². The maximum absolute atomic E-state index is 12.8. The highest BCUT2D eigenvalue weighted by Crippen LogP contribution is 2.54. The summed E-state index contributed by atoms with van der Waals surface area (Å²) in [4.78, 5) is 12.8. The Kier molecular flexibility index (Phi) is 5.81.